The molecule has 1 saturated carbocycles. The molecule has 2 aromatic carbocycles. The van der Waals surface area contributed by atoms with Crippen LogP contribution in [0, 0.1) is 11.8 Å². The average molecular weight is 379 g/mol. The molecule has 1 aliphatic carbocycles. The first-order valence-corrected chi connectivity index (χ1v) is 9.53. The number of carbonyl (C=O) groups excluding carboxylic acids is 3. The minimum Gasteiger partial charge on any atom is -0.326 e. The fourth-order valence-corrected chi connectivity index (χ4v) is 2.72. The van der Waals surface area contributed by atoms with Crippen molar-refractivity contribution >= 4 is 34.8 Å². The zero-order chi connectivity index (χ0) is 20.1. The number of hydrogen-bond donors (Lipinski definition) is 3. The largest absolute Gasteiger partial charge is 0.326 e. The predicted octanol–water partition coefficient (Wildman–Crippen LogP) is 4.27. The van der Waals surface area contributed by atoms with Crippen molar-refractivity contribution in [1.29, 1.82) is 0 Å². The molecular weight excluding hydrogens is 354 g/mol. The molecule has 0 heterocycles. The van der Waals surface area contributed by atoms with Crippen molar-refractivity contribution < 1.29 is 14.4 Å². The minimum absolute atomic E-state index is 0.0272. The Kier molecular flexibility index (Phi) is 6.09. The number of carbonyl (C=O) groups is 3. The van der Waals surface area contributed by atoms with Crippen molar-refractivity contribution in [3.8, 4) is 0 Å². The lowest BCUT2D eigenvalue weighted by atomic mass is 10.1. The van der Waals surface area contributed by atoms with E-state index >= 15 is 0 Å². The van der Waals surface area contributed by atoms with Crippen molar-refractivity contribution in [1.82, 2.24) is 0 Å². The van der Waals surface area contributed by atoms with Crippen molar-refractivity contribution in [2.75, 3.05) is 16.0 Å². The summed E-state index contributed by atoms with van der Waals surface area (Å²) < 4.78 is 0. The molecule has 0 unspecified atom stereocenters. The third kappa shape index (κ3) is 5.67. The Hall–Kier alpha value is -3.15. The van der Waals surface area contributed by atoms with Gasteiger partial charge in [0.25, 0.3) is 5.91 Å². The third-order valence-electron chi connectivity index (χ3n) is 4.38. The Bertz CT molecular complexity index is 854. The lowest BCUT2D eigenvalue weighted by molar-refractivity contribution is -0.117. The summed E-state index contributed by atoms with van der Waals surface area (Å²) >= 11 is 0. The molecule has 1 aliphatic rings. The van der Waals surface area contributed by atoms with Gasteiger partial charge in [0, 0.05) is 35.0 Å². The minimum atomic E-state index is -0.239. The molecule has 3 rings (SSSR count). The van der Waals surface area contributed by atoms with E-state index in [1.807, 2.05) is 13.8 Å². The van der Waals surface area contributed by atoms with Gasteiger partial charge in [-0.3, -0.25) is 14.4 Å². The van der Waals surface area contributed by atoms with Crippen LogP contribution >= 0.6 is 0 Å². The Morgan fingerprint density at radius 3 is 1.86 bits per heavy atom. The van der Waals surface area contributed by atoms with Crippen LogP contribution < -0.4 is 16.0 Å². The maximum Gasteiger partial charge on any atom is 0.255 e. The van der Waals surface area contributed by atoms with Crippen LogP contribution in [0.2, 0.25) is 0 Å². The first kappa shape index (κ1) is 19.6. The Morgan fingerprint density at radius 1 is 0.821 bits per heavy atom. The van der Waals surface area contributed by atoms with E-state index < -0.39 is 0 Å². The van der Waals surface area contributed by atoms with Crippen LogP contribution in [-0.4, -0.2) is 17.7 Å². The molecule has 3 N–H and O–H groups in total. The van der Waals surface area contributed by atoms with Gasteiger partial charge < -0.3 is 16.0 Å². The summed E-state index contributed by atoms with van der Waals surface area (Å²) in [6.45, 7) is 3.98. The molecule has 28 heavy (non-hydrogen) atoms. The van der Waals surface area contributed by atoms with Gasteiger partial charge >= 0.3 is 0 Å². The second kappa shape index (κ2) is 8.69. The summed E-state index contributed by atoms with van der Waals surface area (Å²) in [5, 5.41) is 8.50. The molecule has 0 aromatic heterocycles. The molecule has 0 spiro atoms. The molecule has 0 bridgehead atoms. The lowest BCUT2D eigenvalue weighted by Crippen LogP contribution is -2.15. The van der Waals surface area contributed by atoms with Gasteiger partial charge in [-0.2, -0.15) is 0 Å². The van der Waals surface area contributed by atoms with E-state index in [1.54, 1.807) is 48.5 Å². The number of benzene rings is 2. The smallest absolute Gasteiger partial charge is 0.255 e. The third-order valence-corrected chi connectivity index (χ3v) is 4.38. The molecule has 6 heteroatoms. The van der Waals surface area contributed by atoms with Crippen molar-refractivity contribution in [2.24, 2.45) is 11.8 Å². The number of nitrogens with one attached hydrogen (secondary N) is 3. The molecule has 0 aliphatic heterocycles. The van der Waals surface area contributed by atoms with Gasteiger partial charge in [0.15, 0.2) is 0 Å². The summed E-state index contributed by atoms with van der Waals surface area (Å²) in [4.78, 5) is 35.9. The Balaban J connectivity index is 1.53. The topological polar surface area (TPSA) is 87.3 Å². The highest BCUT2D eigenvalue weighted by molar-refractivity contribution is 6.05. The van der Waals surface area contributed by atoms with E-state index in [0.29, 0.717) is 35.0 Å². The molecule has 3 amide bonds. The number of rotatable bonds is 7. The van der Waals surface area contributed by atoms with Gasteiger partial charge in [0.1, 0.15) is 0 Å². The number of anilines is 3. The van der Waals surface area contributed by atoms with Crippen LogP contribution in [-0.2, 0) is 9.59 Å². The summed E-state index contributed by atoms with van der Waals surface area (Å²) in [6, 6.07) is 13.8. The fourth-order valence-electron chi connectivity index (χ4n) is 2.72. The fraction of sp³-hybridized carbons (Fsp3) is 0.318. The standard InChI is InChI=1S/C22H25N3O3/c1-14(2)13-20(26)23-17-9-11-19(12-10-17)25-22(28)16-5-7-18(8-6-16)24-21(27)15-3-4-15/h5-12,14-15H,3-4,13H2,1-2H3,(H,23,26)(H,24,27)(H,25,28). The highest BCUT2D eigenvalue weighted by Gasteiger charge is 2.29. The van der Waals surface area contributed by atoms with Crippen LogP contribution in [0.4, 0.5) is 17.1 Å². The molecule has 0 saturated heterocycles. The summed E-state index contributed by atoms with van der Waals surface area (Å²) in [7, 11) is 0. The molecule has 0 radical (unpaired) electrons. The van der Waals surface area contributed by atoms with Crippen LogP contribution in [0.15, 0.2) is 48.5 Å². The number of hydrogen-bond acceptors (Lipinski definition) is 3. The van der Waals surface area contributed by atoms with Gasteiger partial charge in [0.05, 0.1) is 0 Å². The van der Waals surface area contributed by atoms with Crippen LogP contribution in [0.3, 0.4) is 0 Å². The maximum absolute atomic E-state index is 12.4. The molecule has 6 nitrogen and oxygen atoms in total. The molecule has 1 fully saturated rings. The Labute approximate surface area is 164 Å². The van der Waals surface area contributed by atoms with Crippen LogP contribution in [0.1, 0.15) is 43.5 Å². The molecular formula is C22H25N3O3. The van der Waals surface area contributed by atoms with E-state index in [4.69, 9.17) is 0 Å². The predicted molar refractivity (Wildman–Crippen MR) is 110 cm³/mol. The quantitative estimate of drug-likeness (QED) is 0.671. The van der Waals surface area contributed by atoms with E-state index in [1.165, 1.54) is 0 Å². The van der Waals surface area contributed by atoms with Crippen molar-refractivity contribution in [3.05, 3.63) is 54.1 Å². The highest BCUT2D eigenvalue weighted by Crippen LogP contribution is 2.30. The van der Waals surface area contributed by atoms with Gasteiger partial charge in [-0.15, -0.1) is 0 Å². The molecule has 2 aromatic rings. The monoisotopic (exact) mass is 379 g/mol. The zero-order valence-corrected chi connectivity index (χ0v) is 16.1. The van der Waals surface area contributed by atoms with Gasteiger partial charge in [0.2, 0.25) is 11.8 Å². The Morgan fingerprint density at radius 2 is 1.32 bits per heavy atom. The highest BCUT2D eigenvalue weighted by atomic mass is 16.2. The summed E-state index contributed by atoms with van der Waals surface area (Å²) in [5.74, 6) is 0.211. The van der Waals surface area contributed by atoms with Gasteiger partial charge in [-0.05, 0) is 67.3 Å². The average Bonchev–Trinajstić information content (AvgIpc) is 3.48. The van der Waals surface area contributed by atoms with Crippen LogP contribution in [0.5, 0.6) is 0 Å². The van der Waals surface area contributed by atoms with Crippen molar-refractivity contribution in [3.63, 3.8) is 0 Å². The molecule has 146 valence electrons. The first-order chi connectivity index (χ1) is 13.4. The van der Waals surface area contributed by atoms with E-state index in [0.717, 1.165) is 12.8 Å². The van der Waals surface area contributed by atoms with E-state index in [9.17, 15) is 14.4 Å². The number of amides is 3. The lowest BCUT2D eigenvalue weighted by Gasteiger charge is -2.09. The van der Waals surface area contributed by atoms with Crippen molar-refractivity contribution in [2.45, 2.75) is 33.1 Å². The zero-order valence-electron chi connectivity index (χ0n) is 16.1. The summed E-state index contributed by atoms with van der Waals surface area (Å²) in [5.41, 5.74) is 2.52. The van der Waals surface area contributed by atoms with Crippen LogP contribution in [0.25, 0.3) is 0 Å². The van der Waals surface area contributed by atoms with E-state index in [-0.39, 0.29) is 23.6 Å². The van der Waals surface area contributed by atoms with E-state index in [2.05, 4.69) is 16.0 Å². The second-order valence-electron chi connectivity index (χ2n) is 7.52. The normalized spacial score (nSPS) is 13.1. The SMILES string of the molecule is CC(C)CC(=O)Nc1ccc(NC(=O)c2ccc(NC(=O)C3CC3)cc2)cc1. The van der Waals surface area contributed by atoms with Gasteiger partial charge in [-0.25, -0.2) is 0 Å². The molecule has 0 atom stereocenters. The first-order valence-electron chi connectivity index (χ1n) is 9.53. The maximum atomic E-state index is 12.4. The second-order valence-corrected chi connectivity index (χ2v) is 7.52. The van der Waals surface area contributed by atoms with Gasteiger partial charge in [-0.1, -0.05) is 13.8 Å². The summed E-state index contributed by atoms with van der Waals surface area (Å²) in [6.07, 6.45) is 2.37.